The summed E-state index contributed by atoms with van der Waals surface area (Å²) in [6.07, 6.45) is 1.90. The monoisotopic (exact) mass is 356 g/mol. The summed E-state index contributed by atoms with van der Waals surface area (Å²) in [6.45, 7) is 6.72. The number of fused-ring (bicyclic) bond motifs is 1. The number of hydrogen-bond acceptors (Lipinski definition) is 4. The molecule has 2 N–H and O–H groups in total. The average Bonchev–Trinajstić information content (AvgIpc) is 2.96. The molecule has 0 bridgehead atoms. The summed E-state index contributed by atoms with van der Waals surface area (Å²) in [7, 11) is 0. The molecule has 0 radical (unpaired) electrons. The molecule has 1 amide bonds. The topological polar surface area (TPSA) is 61.8 Å². The van der Waals surface area contributed by atoms with Crippen molar-refractivity contribution >= 4 is 5.91 Å². The van der Waals surface area contributed by atoms with Crippen molar-refractivity contribution in [3.63, 3.8) is 0 Å². The Morgan fingerprint density at radius 2 is 2.00 bits per heavy atom. The van der Waals surface area contributed by atoms with Gasteiger partial charge >= 0.3 is 0 Å². The van der Waals surface area contributed by atoms with Crippen LogP contribution in [-0.4, -0.2) is 47.6 Å². The van der Waals surface area contributed by atoms with Gasteiger partial charge in [-0.05, 0) is 42.2 Å². The SMILES string of the molecule is CC(C)c1ccc([C@@]23C[C@@H]2CN(C(=O)C2CC4(COC(O)N4)C2)C3)cc1. The van der Waals surface area contributed by atoms with Gasteiger partial charge in [0.25, 0.3) is 0 Å². The van der Waals surface area contributed by atoms with Gasteiger partial charge in [0.1, 0.15) is 0 Å². The van der Waals surface area contributed by atoms with Crippen molar-refractivity contribution in [3.8, 4) is 0 Å². The Morgan fingerprint density at radius 1 is 1.27 bits per heavy atom. The van der Waals surface area contributed by atoms with Crippen molar-refractivity contribution in [1.82, 2.24) is 10.2 Å². The second-order valence-corrected chi connectivity index (χ2v) is 9.25. The Bertz CT molecular complexity index is 725. The van der Waals surface area contributed by atoms with Gasteiger partial charge in [-0.25, -0.2) is 0 Å². The minimum atomic E-state index is -0.873. The van der Waals surface area contributed by atoms with E-state index >= 15 is 0 Å². The lowest BCUT2D eigenvalue weighted by Crippen LogP contribution is -2.58. The van der Waals surface area contributed by atoms with Crippen LogP contribution in [0.5, 0.6) is 0 Å². The summed E-state index contributed by atoms with van der Waals surface area (Å²) in [5.41, 5.74) is 2.81. The first-order valence-corrected chi connectivity index (χ1v) is 9.87. The molecule has 2 saturated heterocycles. The first kappa shape index (κ1) is 16.7. The van der Waals surface area contributed by atoms with Gasteiger partial charge in [0.05, 0.1) is 6.61 Å². The maximum atomic E-state index is 12.9. The van der Waals surface area contributed by atoms with Gasteiger partial charge in [0.2, 0.25) is 12.3 Å². The number of nitrogens with zero attached hydrogens (tertiary/aromatic N) is 1. The molecule has 140 valence electrons. The molecule has 0 aromatic heterocycles. The summed E-state index contributed by atoms with van der Waals surface area (Å²) < 4.78 is 5.21. The smallest absolute Gasteiger partial charge is 0.225 e. The van der Waals surface area contributed by atoms with E-state index in [2.05, 4.69) is 48.3 Å². The van der Waals surface area contributed by atoms with Crippen molar-refractivity contribution < 1.29 is 14.6 Å². The molecule has 1 unspecified atom stereocenters. The van der Waals surface area contributed by atoms with Gasteiger partial charge in [-0.1, -0.05) is 38.1 Å². The number of amides is 1. The van der Waals surface area contributed by atoms with E-state index in [9.17, 15) is 9.90 Å². The van der Waals surface area contributed by atoms with Crippen molar-refractivity contribution in [2.45, 2.75) is 56.4 Å². The van der Waals surface area contributed by atoms with Crippen LogP contribution in [-0.2, 0) is 14.9 Å². The van der Waals surface area contributed by atoms with Gasteiger partial charge in [-0.3, -0.25) is 10.1 Å². The third-order valence-corrected chi connectivity index (χ3v) is 7.18. The second-order valence-electron chi connectivity index (χ2n) is 9.25. The van der Waals surface area contributed by atoms with Crippen LogP contribution in [0.2, 0.25) is 0 Å². The fourth-order valence-electron chi connectivity index (χ4n) is 5.43. The largest absolute Gasteiger partial charge is 0.356 e. The van der Waals surface area contributed by atoms with E-state index in [0.717, 1.165) is 25.9 Å². The summed E-state index contributed by atoms with van der Waals surface area (Å²) in [4.78, 5) is 15.0. The molecule has 26 heavy (non-hydrogen) atoms. The second kappa shape index (κ2) is 5.54. The molecular formula is C21H28N2O3. The Morgan fingerprint density at radius 3 is 2.62 bits per heavy atom. The van der Waals surface area contributed by atoms with Gasteiger partial charge in [0, 0.05) is 30.0 Å². The third kappa shape index (κ3) is 2.44. The number of hydrogen-bond donors (Lipinski definition) is 2. The van der Waals surface area contributed by atoms with Gasteiger partial charge in [-0.15, -0.1) is 0 Å². The van der Waals surface area contributed by atoms with Crippen LogP contribution in [0.4, 0.5) is 0 Å². The van der Waals surface area contributed by atoms with Crippen LogP contribution in [0.1, 0.15) is 50.2 Å². The number of likely N-dealkylation sites (tertiary alicyclic amines) is 1. The van der Waals surface area contributed by atoms with E-state index in [-0.39, 0.29) is 16.9 Å². The fraction of sp³-hybridized carbons (Fsp3) is 0.667. The number of aliphatic hydroxyl groups excluding tert-OH is 1. The van der Waals surface area contributed by atoms with Crippen LogP contribution in [0.3, 0.4) is 0 Å². The van der Waals surface area contributed by atoms with Gasteiger partial charge in [0.15, 0.2) is 0 Å². The Hall–Kier alpha value is -1.43. The van der Waals surface area contributed by atoms with Gasteiger partial charge in [-0.2, -0.15) is 0 Å². The van der Waals surface area contributed by atoms with E-state index in [0.29, 0.717) is 24.3 Å². The summed E-state index contributed by atoms with van der Waals surface area (Å²) >= 11 is 0. The zero-order chi connectivity index (χ0) is 18.1. The quantitative estimate of drug-likeness (QED) is 0.869. The van der Waals surface area contributed by atoms with Gasteiger partial charge < -0.3 is 14.7 Å². The highest BCUT2D eigenvalue weighted by molar-refractivity contribution is 5.81. The summed E-state index contributed by atoms with van der Waals surface area (Å²) in [5.74, 6) is 1.55. The maximum Gasteiger partial charge on any atom is 0.225 e. The van der Waals surface area contributed by atoms with Crippen LogP contribution < -0.4 is 5.32 Å². The molecule has 2 aliphatic carbocycles. The lowest BCUT2D eigenvalue weighted by atomic mass is 9.68. The molecule has 5 heteroatoms. The molecule has 1 spiro atoms. The van der Waals surface area contributed by atoms with E-state index in [1.165, 1.54) is 17.5 Å². The molecule has 5 nitrogen and oxygen atoms in total. The number of carbonyl (C=O) groups excluding carboxylic acids is 1. The van der Waals surface area contributed by atoms with Crippen molar-refractivity contribution in [1.29, 1.82) is 0 Å². The molecule has 2 aliphatic heterocycles. The van der Waals surface area contributed by atoms with Crippen LogP contribution in [0, 0.1) is 11.8 Å². The lowest BCUT2D eigenvalue weighted by molar-refractivity contribution is -0.140. The molecule has 4 fully saturated rings. The van der Waals surface area contributed by atoms with Crippen LogP contribution in [0.15, 0.2) is 24.3 Å². The molecule has 3 atom stereocenters. The minimum Gasteiger partial charge on any atom is -0.356 e. The predicted molar refractivity (Wildman–Crippen MR) is 97.4 cm³/mol. The van der Waals surface area contributed by atoms with E-state index in [1.807, 2.05) is 0 Å². The molecular weight excluding hydrogens is 328 g/mol. The Kier molecular flexibility index (Phi) is 3.56. The van der Waals surface area contributed by atoms with Crippen LogP contribution >= 0.6 is 0 Å². The number of benzene rings is 1. The third-order valence-electron chi connectivity index (χ3n) is 7.18. The number of aliphatic hydroxyl groups is 1. The van der Waals surface area contributed by atoms with Crippen molar-refractivity contribution in [2.24, 2.45) is 11.8 Å². The molecule has 1 aromatic carbocycles. The molecule has 2 heterocycles. The molecule has 5 rings (SSSR count). The zero-order valence-corrected chi connectivity index (χ0v) is 15.6. The number of rotatable bonds is 3. The zero-order valence-electron chi connectivity index (χ0n) is 15.6. The summed E-state index contributed by atoms with van der Waals surface area (Å²) in [6, 6.07) is 9.06. The first-order chi connectivity index (χ1) is 12.4. The minimum absolute atomic E-state index is 0.0780. The molecule has 4 aliphatic rings. The van der Waals surface area contributed by atoms with Crippen LogP contribution in [0.25, 0.3) is 0 Å². The number of ether oxygens (including phenoxy) is 1. The summed E-state index contributed by atoms with van der Waals surface area (Å²) in [5, 5.41) is 12.6. The highest BCUT2D eigenvalue weighted by Gasteiger charge is 2.63. The highest BCUT2D eigenvalue weighted by atomic mass is 16.6. The number of piperidine rings is 1. The molecule has 1 aromatic rings. The lowest BCUT2D eigenvalue weighted by Gasteiger charge is -2.44. The van der Waals surface area contributed by atoms with Crippen molar-refractivity contribution in [3.05, 3.63) is 35.4 Å². The number of nitrogens with one attached hydrogen (secondary N) is 1. The van der Waals surface area contributed by atoms with E-state index in [4.69, 9.17) is 4.74 Å². The van der Waals surface area contributed by atoms with E-state index < -0.39 is 6.41 Å². The maximum absolute atomic E-state index is 12.9. The standard InChI is InChI=1S/C21H28N2O3/c1-13(2)14-3-5-16(6-4-14)21-9-17(21)10-23(11-21)18(24)15-7-20(8-15)12-26-19(25)22-20/h3-6,13,15,17,19,22,25H,7-12H2,1-2H3/t15?,17-,19?,20?,21+/m1/s1. The predicted octanol–water partition coefficient (Wildman–Crippen LogP) is 1.95. The highest BCUT2D eigenvalue weighted by Crippen LogP contribution is 2.59. The Labute approximate surface area is 154 Å². The normalized spacial score (nSPS) is 40.8. The Balaban J connectivity index is 1.23. The molecule has 2 saturated carbocycles. The first-order valence-electron chi connectivity index (χ1n) is 9.87. The fourth-order valence-corrected chi connectivity index (χ4v) is 5.43. The average molecular weight is 356 g/mol. The van der Waals surface area contributed by atoms with Crippen molar-refractivity contribution in [2.75, 3.05) is 19.7 Å². The van der Waals surface area contributed by atoms with E-state index in [1.54, 1.807) is 0 Å². The number of carbonyl (C=O) groups is 1.